The molecule has 128 valence electrons. The highest BCUT2D eigenvalue weighted by Crippen LogP contribution is 2.29. The van der Waals surface area contributed by atoms with Crippen molar-refractivity contribution in [2.24, 2.45) is 0 Å². The van der Waals surface area contributed by atoms with Gasteiger partial charge in [-0.05, 0) is 42.0 Å². The normalized spacial score (nSPS) is 11.3. The summed E-state index contributed by atoms with van der Waals surface area (Å²) in [6.07, 6.45) is -1.38. The number of halogens is 3. The van der Waals surface area contributed by atoms with E-state index < -0.39 is 17.6 Å². The highest BCUT2D eigenvalue weighted by atomic mass is 19.4. The molecule has 0 aliphatic heterocycles. The van der Waals surface area contributed by atoms with Gasteiger partial charge in [-0.25, -0.2) is 9.67 Å². The van der Waals surface area contributed by atoms with Crippen molar-refractivity contribution in [3.05, 3.63) is 77.9 Å². The van der Waals surface area contributed by atoms with Crippen LogP contribution in [0.3, 0.4) is 0 Å². The first-order valence-electron chi connectivity index (χ1n) is 7.32. The van der Waals surface area contributed by atoms with Gasteiger partial charge in [-0.1, -0.05) is 12.1 Å². The van der Waals surface area contributed by atoms with Crippen LogP contribution < -0.4 is 5.32 Å². The van der Waals surface area contributed by atoms with Crippen molar-refractivity contribution >= 4 is 11.6 Å². The van der Waals surface area contributed by atoms with Gasteiger partial charge in [0.25, 0.3) is 5.91 Å². The van der Waals surface area contributed by atoms with E-state index in [1.165, 1.54) is 18.5 Å². The monoisotopic (exact) mass is 346 g/mol. The third kappa shape index (κ3) is 4.23. The van der Waals surface area contributed by atoms with E-state index in [2.05, 4.69) is 15.4 Å². The number of hydrogen-bond acceptors (Lipinski definition) is 3. The van der Waals surface area contributed by atoms with Crippen molar-refractivity contribution in [1.82, 2.24) is 14.8 Å². The van der Waals surface area contributed by atoms with Gasteiger partial charge in [0.2, 0.25) is 0 Å². The second-order valence-electron chi connectivity index (χ2n) is 5.32. The van der Waals surface area contributed by atoms with E-state index in [1.807, 2.05) is 0 Å². The van der Waals surface area contributed by atoms with Gasteiger partial charge < -0.3 is 5.32 Å². The third-order valence-corrected chi connectivity index (χ3v) is 3.50. The van der Waals surface area contributed by atoms with Gasteiger partial charge in [-0.3, -0.25) is 4.79 Å². The molecule has 0 radical (unpaired) electrons. The van der Waals surface area contributed by atoms with Gasteiger partial charge in [0.05, 0.1) is 12.1 Å². The first kappa shape index (κ1) is 16.7. The van der Waals surface area contributed by atoms with Crippen LogP contribution in [0.1, 0.15) is 21.5 Å². The number of nitrogens with zero attached hydrogens (tertiary/aromatic N) is 3. The van der Waals surface area contributed by atoms with Crippen molar-refractivity contribution in [3.8, 4) is 0 Å². The molecule has 25 heavy (non-hydrogen) atoms. The minimum absolute atomic E-state index is 0.296. The van der Waals surface area contributed by atoms with Crippen LogP contribution >= 0.6 is 0 Å². The van der Waals surface area contributed by atoms with Crippen molar-refractivity contribution in [2.75, 3.05) is 5.32 Å². The van der Waals surface area contributed by atoms with Crippen molar-refractivity contribution in [1.29, 1.82) is 0 Å². The van der Waals surface area contributed by atoms with Crippen LogP contribution in [-0.4, -0.2) is 20.7 Å². The number of anilines is 1. The van der Waals surface area contributed by atoms with E-state index in [0.717, 1.165) is 17.7 Å². The summed E-state index contributed by atoms with van der Waals surface area (Å²) in [5, 5.41) is 6.56. The van der Waals surface area contributed by atoms with E-state index in [-0.39, 0.29) is 0 Å². The molecule has 0 bridgehead atoms. The van der Waals surface area contributed by atoms with E-state index in [0.29, 0.717) is 17.8 Å². The zero-order valence-corrected chi connectivity index (χ0v) is 12.9. The Morgan fingerprint density at radius 1 is 1.04 bits per heavy atom. The average Bonchev–Trinajstić information content (AvgIpc) is 3.08. The molecule has 3 aromatic rings. The smallest absolute Gasteiger partial charge is 0.322 e. The largest absolute Gasteiger partial charge is 0.416 e. The Hall–Kier alpha value is -3.16. The summed E-state index contributed by atoms with van der Waals surface area (Å²) < 4.78 is 39.2. The van der Waals surface area contributed by atoms with Crippen LogP contribution in [0.15, 0.2) is 61.2 Å². The number of carbonyl (C=O) groups is 1. The Kier molecular flexibility index (Phi) is 4.51. The predicted molar refractivity (Wildman–Crippen MR) is 85.0 cm³/mol. The molecule has 0 aliphatic rings. The fourth-order valence-electron chi connectivity index (χ4n) is 2.21. The Bertz CT molecular complexity index is 841. The van der Waals surface area contributed by atoms with Gasteiger partial charge in [0, 0.05) is 11.3 Å². The summed E-state index contributed by atoms with van der Waals surface area (Å²) in [6, 6.07) is 11.2. The summed E-state index contributed by atoms with van der Waals surface area (Å²) in [5.74, 6) is -0.396. The van der Waals surface area contributed by atoms with Crippen LogP contribution in [0, 0.1) is 0 Å². The molecule has 0 fully saturated rings. The molecular weight excluding hydrogens is 333 g/mol. The summed E-state index contributed by atoms with van der Waals surface area (Å²) >= 11 is 0. The highest BCUT2D eigenvalue weighted by molar-refractivity contribution is 6.04. The summed E-state index contributed by atoms with van der Waals surface area (Å²) in [6.45, 7) is 0.529. The number of amides is 1. The van der Waals surface area contributed by atoms with E-state index in [1.54, 1.807) is 35.3 Å². The highest BCUT2D eigenvalue weighted by Gasteiger charge is 2.29. The molecule has 0 aliphatic carbocycles. The molecule has 1 amide bonds. The van der Waals surface area contributed by atoms with Crippen LogP contribution in [0.2, 0.25) is 0 Å². The topological polar surface area (TPSA) is 59.8 Å². The first-order chi connectivity index (χ1) is 11.9. The maximum Gasteiger partial charge on any atom is 0.416 e. The van der Waals surface area contributed by atoms with E-state index in [9.17, 15) is 18.0 Å². The second kappa shape index (κ2) is 6.76. The van der Waals surface area contributed by atoms with Gasteiger partial charge in [-0.2, -0.15) is 18.3 Å². The average molecular weight is 346 g/mol. The summed E-state index contributed by atoms with van der Waals surface area (Å²) in [5.41, 5.74) is 0.881. The summed E-state index contributed by atoms with van der Waals surface area (Å²) in [4.78, 5) is 16.0. The molecule has 1 N–H and O–H groups in total. The third-order valence-electron chi connectivity index (χ3n) is 3.50. The molecule has 0 spiro atoms. The maximum absolute atomic E-state index is 12.5. The SMILES string of the molecule is O=C(Nc1ccc(C(F)(F)F)cc1)c1ccc(Cn2cncn2)cc1. The van der Waals surface area contributed by atoms with Gasteiger partial charge >= 0.3 is 6.18 Å². The van der Waals surface area contributed by atoms with Crippen LogP contribution in [-0.2, 0) is 12.7 Å². The first-order valence-corrected chi connectivity index (χ1v) is 7.32. The molecule has 0 saturated heterocycles. The minimum Gasteiger partial charge on any atom is -0.322 e. The number of rotatable bonds is 4. The fraction of sp³-hybridized carbons (Fsp3) is 0.118. The number of benzene rings is 2. The molecule has 0 unspecified atom stereocenters. The van der Waals surface area contributed by atoms with Gasteiger partial charge in [0.15, 0.2) is 0 Å². The lowest BCUT2D eigenvalue weighted by Gasteiger charge is -2.09. The maximum atomic E-state index is 12.5. The number of hydrogen-bond donors (Lipinski definition) is 1. The predicted octanol–water partition coefficient (Wildman–Crippen LogP) is 3.60. The lowest BCUT2D eigenvalue weighted by molar-refractivity contribution is -0.137. The second-order valence-corrected chi connectivity index (χ2v) is 5.32. The van der Waals surface area contributed by atoms with E-state index >= 15 is 0 Å². The number of nitrogens with one attached hydrogen (secondary N) is 1. The Labute approximate surface area is 141 Å². The van der Waals surface area contributed by atoms with Crippen molar-refractivity contribution < 1.29 is 18.0 Å². The lowest BCUT2D eigenvalue weighted by atomic mass is 10.1. The van der Waals surface area contributed by atoms with Crippen LogP contribution in [0.4, 0.5) is 18.9 Å². The molecule has 8 heteroatoms. The number of aromatic nitrogens is 3. The fourth-order valence-corrected chi connectivity index (χ4v) is 2.21. The molecule has 0 saturated carbocycles. The quantitative estimate of drug-likeness (QED) is 0.785. The Morgan fingerprint density at radius 2 is 1.72 bits per heavy atom. The van der Waals surface area contributed by atoms with Gasteiger partial charge in [0.1, 0.15) is 12.7 Å². The van der Waals surface area contributed by atoms with Crippen molar-refractivity contribution in [3.63, 3.8) is 0 Å². The molecular formula is C17H13F3N4O. The molecule has 1 heterocycles. The molecule has 3 rings (SSSR count). The number of carbonyl (C=O) groups excluding carboxylic acids is 1. The molecule has 5 nitrogen and oxygen atoms in total. The zero-order chi connectivity index (χ0) is 17.9. The Morgan fingerprint density at radius 3 is 2.28 bits per heavy atom. The lowest BCUT2D eigenvalue weighted by Crippen LogP contribution is -2.12. The van der Waals surface area contributed by atoms with Crippen LogP contribution in [0.25, 0.3) is 0 Å². The number of alkyl halides is 3. The standard InChI is InChI=1S/C17H13F3N4O/c18-17(19,20)14-5-7-15(8-6-14)23-16(25)13-3-1-12(2-4-13)9-24-11-21-10-22-24/h1-8,10-11H,9H2,(H,23,25). The van der Waals surface area contributed by atoms with Crippen molar-refractivity contribution in [2.45, 2.75) is 12.7 Å². The van der Waals surface area contributed by atoms with Crippen LogP contribution in [0.5, 0.6) is 0 Å². The van der Waals surface area contributed by atoms with E-state index in [4.69, 9.17) is 0 Å². The molecule has 1 aromatic heterocycles. The molecule has 2 aromatic carbocycles. The molecule has 0 atom stereocenters. The zero-order valence-electron chi connectivity index (χ0n) is 12.9. The van der Waals surface area contributed by atoms with Gasteiger partial charge in [-0.15, -0.1) is 0 Å². The Balaban J connectivity index is 1.65. The minimum atomic E-state index is -4.40. The summed E-state index contributed by atoms with van der Waals surface area (Å²) in [7, 11) is 0.